The summed E-state index contributed by atoms with van der Waals surface area (Å²) in [6, 6.07) is 7.03. The zero-order valence-electron chi connectivity index (χ0n) is 17.8. The minimum absolute atomic E-state index is 0.0517. The van der Waals surface area contributed by atoms with E-state index in [2.05, 4.69) is 10.4 Å². The third kappa shape index (κ3) is 5.31. The molecule has 1 aliphatic rings. The topological polar surface area (TPSA) is 111 Å². The molecule has 0 aliphatic carbocycles. The number of nitrogens with one attached hydrogen (secondary N) is 1. The van der Waals surface area contributed by atoms with Gasteiger partial charge in [0.2, 0.25) is 10.0 Å². The Hall–Kier alpha value is -2.72. The average Bonchev–Trinajstić information content (AvgIpc) is 3.05. The second-order valence-corrected chi connectivity index (χ2v) is 9.35. The molecule has 1 amide bonds. The Morgan fingerprint density at radius 3 is 2.48 bits per heavy atom. The summed E-state index contributed by atoms with van der Waals surface area (Å²) >= 11 is 0. The van der Waals surface area contributed by atoms with Crippen molar-refractivity contribution in [1.29, 1.82) is 0 Å². The molecular formula is C21H28N4O5S. The number of amides is 1. The van der Waals surface area contributed by atoms with Crippen molar-refractivity contribution in [3.63, 3.8) is 0 Å². The predicted octanol–water partition coefficient (Wildman–Crippen LogP) is 2.48. The summed E-state index contributed by atoms with van der Waals surface area (Å²) in [5.41, 5.74) is -0.0177. The van der Waals surface area contributed by atoms with Crippen LogP contribution in [0.5, 0.6) is 5.75 Å². The third-order valence-corrected chi connectivity index (χ3v) is 7.05. The van der Waals surface area contributed by atoms with Crippen molar-refractivity contribution >= 4 is 21.6 Å². The van der Waals surface area contributed by atoms with Crippen molar-refractivity contribution < 1.29 is 17.9 Å². The molecule has 0 atom stereocenters. The van der Waals surface area contributed by atoms with Gasteiger partial charge >= 0.3 is 0 Å². The van der Waals surface area contributed by atoms with Crippen molar-refractivity contribution in [1.82, 2.24) is 14.1 Å². The van der Waals surface area contributed by atoms with Crippen LogP contribution in [-0.2, 0) is 16.6 Å². The fraction of sp³-hybridized carbons (Fsp3) is 0.476. The number of nitrogens with zero attached hydrogens (tertiary/aromatic N) is 3. The summed E-state index contributed by atoms with van der Waals surface area (Å²) in [6.45, 7) is 3.27. The third-order valence-electron chi connectivity index (χ3n) is 5.16. The molecule has 1 aromatic carbocycles. The zero-order chi connectivity index (χ0) is 22.4. The Kier molecular flexibility index (Phi) is 7.45. The summed E-state index contributed by atoms with van der Waals surface area (Å²) in [5.74, 6) is -0.238. The number of hydrogen-bond acceptors (Lipinski definition) is 6. The zero-order valence-corrected chi connectivity index (χ0v) is 18.7. The van der Waals surface area contributed by atoms with Gasteiger partial charge in [-0.2, -0.15) is 9.40 Å². The van der Waals surface area contributed by atoms with E-state index in [1.54, 1.807) is 0 Å². The average molecular weight is 449 g/mol. The first kappa shape index (κ1) is 23.0. The highest BCUT2D eigenvalue weighted by Crippen LogP contribution is 2.30. The van der Waals surface area contributed by atoms with E-state index in [-0.39, 0.29) is 21.8 Å². The maximum absolute atomic E-state index is 13.1. The summed E-state index contributed by atoms with van der Waals surface area (Å²) in [4.78, 5) is 24.7. The Bertz CT molecular complexity index is 1090. The Labute approximate surface area is 182 Å². The second kappa shape index (κ2) is 10.1. The summed E-state index contributed by atoms with van der Waals surface area (Å²) in [5, 5.41) is 6.76. The molecule has 31 heavy (non-hydrogen) atoms. The van der Waals surface area contributed by atoms with E-state index < -0.39 is 15.9 Å². The molecule has 0 radical (unpaired) electrons. The number of methoxy groups -OCH3 is 1. The SMILES string of the molecule is CCCn1nc(C(=O)Nc2cc(S(=O)(=O)N3CCCCCC3)ccc2OC)ccc1=O. The number of benzene rings is 1. The smallest absolute Gasteiger partial charge is 0.276 e. The van der Waals surface area contributed by atoms with Gasteiger partial charge in [-0.05, 0) is 43.5 Å². The number of ether oxygens (including phenoxy) is 1. The first-order valence-corrected chi connectivity index (χ1v) is 11.9. The van der Waals surface area contributed by atoms with Crippen LogP contribution in [-0.4, -0.2) is 48.6 Å². The van der Waals surface area contributed by atoms with Gasteiger partial charge in [0.1, 0.15) is 11.4 Å². The van der Waals surface area contributed by atoms with Crippen LogP contribution in [0.4, 0.5) is 5.69 Å². The van der Waals surface area contributed by atoms with Gasteiger partial charge in [-0.25, -0.2) is 13.1 Å². The minimum Gasteiger partial charge on any atom is -0.495 e. The molecule has 0 unspecified atom stereocenters. The molecular weight excluding hydrogens is 420 g/mol. The van der Waals surface area contributed by atoms with E-state index in [0.717, 1.165) is 25.7 Å². The molecule has 0 spiro atoms. The first-order chi connectivity index (χ1) is 14.9. The molecule has 9 nitrogen and oxygen atoms in total. The highest BCUT2D eigenvalue weighted by Gasteiger charge is 2.26. The largest absolute Gasteiger partial charge is 0.495 e. The highest BCUT2D eigenvalue weighted by molar-refractivity contribution is 7.89. The van der Waals surface area contributed by atoms with Crippen molar-refractivity contribution in [2.45, 2.75) is 50.5 Å². The van der Waals surface area contributed by atoms with Gasteiger partial charge in [-0.1, -0.05) is 19.8 Å². The number of aryl methyl sites for hydroxylation is 1. The molecule has 1 saturated heterocycles. The molecule has 1 aliphatic heterocycles. The fourth-order valence-corrected chi connectivity index (χ4v) is 5.05. The van der Waals surface area contributed by atoms with Crippen LogP contribution in [0.1, 0.15) is 49.5 Å². The Morgan fingerprint density at radius 1 is 1.13 bits per heavy atom. The van der Waals surface area contributed by atoms with Gasteiger partial charge in [0, 0.05) is 25.7 Å². The van der Waals surface area contributed by atoms with Gasteiger partial charge in [0.25, 0.3) is 11.5 Å². The number of carbonyl (C=O) groups is 1. The first-order valence-electron chi connectivity index (χ1n) is 10.4. The molecule has 0 saturated carbocycles. The minimum atomic E-state index is -3.69. The van der Waals surface area contributed by atoms with Gasteiger partial charge < -0.3 is 10.1 Å². The lowest BCUT2D eigenvalue weighted by atomic mass is 10.2. The van der Waals surface area contributed by atoms with Crippen LogP contribution in [0.2, 0.25) is 0 Å². The summed E-state index contributed by atoms with van der Waals surface area (Å²) in [7, 11) is -2.25. The Morgan fingerprint density at radius 2 is 1.84 bits per heavy atom. The van der Waals surface area contributed by atoms with Crippen molar-refractivity contribution in [3.05, 3.63) is 46.4 Å². The highest BCUT2D eigenvalue weighted by atomic mass is 32.2. The summed E-state index contributed by atoms with van der Waals surface area (Å²) in [6.07, 6.45) is 4.39. The second-order valence-electron chi connectivity index (χ2n) is 7.41. The number of carbonyl (C=O) groups excluding carboxylic acids is 1. The monoisotopic (exact) mass is 448 g/mol. The lowest BCUT2D eigenvalue weighted by Gasteiger charge is -2.21. The van der Waals surface area contributed by atoms with E-state index in [1.165, 1.54) is 46.4 Å². The normalized spacial score (nSPS) is 15.3. The lowest BCUT2D eigenvalue weighted by molar-refractivity contribution is 0.101. The molecule has 1 fully saturated rings. The summed E-state index contributed by atoms with van der Waals surface area (Å²) < 4.78 is 34.3. The molecule has 1 aromatic heterocycles. The van der Waals surface area contributed by atoms with Crippen molar-refractivity contribution in [3.8, 4) is 5.75 Å². The van der Waals surface area contributed by atoms with Crippen LogP contribution >= 0.6 is 0 Å². The number of hydrogen-bond donors (Lipinski definition) is 1. The Balaban J connectivity index is 1.90. The van der Waals surface area contributed by atoms with E-state index >= 15 is 0 Å². The number of sulfonamides is 1. The quantitative estimate of drug-likeness (QED) is 0.697. The molecule has 168 valence electrons. The number of rotatable bonds is 7. The maximum Gasteiger partial charge on any atom is 0.276 e. The standard InChI is InChI=1S/C21H28N4O5S/c1-3-12-25-20(26)11-9-17(23-25)21(27)22-18-15-16(8-10-19(18)30-2)31(28,29)24-13-6-4-5-7-14-24/h8-11,15H,3-7,12-14H2,1-2H3,(H,22,27). The van der Waals surface area contributed by atoms with Crippen LogP contribution in [0, 0.1) is 0 Å². The van der Waals surface area contributed by atoms with E-state index in [0.29, 0.717) is 31.8 Å². The lowest BCUT2D eigenvalue weighted by Crippen LogP contribution is -2.32. The molecule has 10 heteroatoms. The molecule has 1 N–H and O–H groups in total. The van der Waals surface area contributed by atoms with Crippen LogP contribution in [0.3, 0.4) is 0 Å². The van der Waals surface area contributed by atoms with Crippen molar-refractivity contribution in [2.75, 3.05) is 25.5 Å². The van der Waals surface area contributed by atoms with E-state index in [4.69, 9.17) is 4.74 Å². The number of aromatic nitrogens is 2. The van der Waals surface area contributed by atoms with Gasteiger partial charge in [0.05, 0.1) is 17.7 Å². The van der Waals surface area contributed by atoms with Crippen LogP contribution in [0.25, 0.3) is 0 Å². The van der Waals surface area contributed by atoms with Crippen molar-refractivity contribution in [2.24, 2.45) is 0 Å². The van der Waals surface area contributed by atoms with Crippen LogP contribution < -0.4 is 15.6 Å². The van der Waals surface area contributed by atoms with Gasteiger partial charge in [-0.3, -0.25) is 9.59 Å². The molecule has 3 rings (SSSR count). The van der Waals surface area contributed by atoms with E-state index in [1.807, 2.05) is 6.92 Å². The van der Waals surface area contributed by atoms with Gasteiger partial charge in [0.15, 0.2) is 0 Å². The number of anilines is 1. The fourth-order valence-electron chi connectivity index (χ4n) is 3.50. The van der Waals surface area contributed by atoms with Crippen LogP contribution in [0.15, 0.2) is 40.0 Å². The molecule has 2 heterocycles. The predicted molar refractivity (Wildman–Crippen MR) is 117 cm³/mol. The molecule has 0 bridgehead atoms. The molecule has 2 aromatic rings. The van der Waals surface area contributed by atoms with E-state index in [9.17, 15) is 18.0 Å². The maximum atomic E-state index is 13.1. The van der Waals surface area contributed by atoms with Gasteiger partial charge in [-0.15, -0.1) is 0 Å².